The molecule has 4 rings (SSSR count). The lowest BCUT2D eigenvalue weighted by atomic mass is 10.2. The number of pyridine rings is 1. The van der Waals surface area contributed by atoms with Gasteiger partial charge in [0.25, 0.3) is 5.56 Å². The molecule has 3 aromatic heterocycles. The summed E-state index contributed by atoms with van der Waals surface area (Å²) in [5.74, 6) is -0.208. The van der Waals surface area contributed by atoms with Gasteiger partial charge in [-0.25, -0.2) is 9.97 Å². The molecule has 0 fully saturated rings. The summed E-state index contributed by atoms with van der Waals surface area (Å²) < 4.78 is 0. The summed E-state index contributed by atoms with van der Waals surface area (Å²) >= 11 is 1.35. The molecule has 0 aliphatic rings. The van der Waals surface area contributed by atoms with Crippen LogP contribution >= 0.6 is 11.3 Å². The van der Waals surface area contributed by atoms with E-state index in [2.05, 4.69) is 25.3 Å². The number of benzene rings is 1. The number of fused-ring (bicyclic) bond motifs is 1. The summed E-state index contributed by atoms with van der Waals surface area (Å²) in [5.41, 5.74) is 3.19. The fraction of sp³-hybridized carbons (Fsp3) is 0.105. The van der Waals surface area contributed by atoms with Crippen molar-refractivity contribution in [3.63, 3.8) is 0 Å². The number of nitrogens with zero attached hydrogens (tertiary/aromatic N) is 3. The maximum absolute atomic E-state index is 12.2. The highest BCUT2D eigenvalue weighted by molar-refractivity contribution is 7.14. The Bertz CT molecular complexity index is 1150. The van der Waals surface area contributed by atoms with E-state index < -0.39 is 0 Å². The van der Waals surface area contributed by atoms with Crippen LogP contribution in [0.1, 0.15) is 12.1 Å². The van der Waals surface area contributed by atoms with Gasteiger partial charge in [0.1, 0.15) is 5.69 Å². The number of carbonyl (C=O) groups excluding carboxylic acids is 1. The molecule has 3 heterocycles. The molecular weight excluding hydrogens is 362 g/mol. The van der Waals surface area contributed by atoms with Crippen molar-refractivity contribution < 1.29 is 4.79 Å². The van der Waals surface area contributed by atoms with Crippen LogP contribution in [0.3, 0.4) is 0 Å². The van der Waals surface area contributed by atoms with Gasteiger partial charge in [-0.05, 0) is 24.3 Å². The second-order valence-electron chi connectivity index (χ2n) is 5.85. The summed E-state index contributed by atoms with van der Waals surface area (Å²) in [6, 6.07) is 11.0. The molecule has 4 aromatic rings. The summed E-state index contributed by atoms with van der Waals surface area (Å²) in [6.07, 6.45) is 3.80. The van der Waals surface area contributed by atoms with E-state index in [0.717, 1.165) is 11.3 Å². The molecule has 0 spiro atoms. The minimum absolute atomic E-state index is 0.151. The lowest BCUT2D eigenvalue weighted by Gasteiger charge is -2.03. The van der Waals surface area contributed by atoms with Crippen molar-refractivity contribution in [2.75, 3.05) is 5.32 Å². The number of thiazole rings is 1. The SMILES string of the molecule is O=C(CCc1nc2ccccc2[nH]c1=O)Nc1nc(-c2ccncc2)cs1. The summed E-state index contributed by atoms with van der Waals surface area (Å²) in [7, 11) is 0. The van der Waals surface area contributed by atoms with Gasteiger partial charge in [0.15, 0.2) is 5.13 Å². The summed E-state index contributed by atoms with van der Waals surface area (Å²) in [5, 5.41) is 5.17. The fourth-order valence-corrected chi connectivity index (χ4v) is 3.37. The number of aromatic amines is 1. The number of para-hydroxylation sites is 2. The molecule has 0 aliphatic heterocycles. The normalized spacial score (nSPS) is 10.8. The van der Waals surface area contributed by atoms with Crippen molar-refractivity contribution in [1.82, 2.24) is 19.9 Å². The first-order chi connectivity index (χ1) is 13.2. The Morgan fingerprint density at radius 3 is 2.78 bits per heavy atom. The number of H-pyrrole nitrogens is 1. The Morgan fingerprint density at radius 2 is 1.93 bits per heavy atom. The Morgan fingerprint density at radius 1 is 1.11 bits per heavy atom. The minimum atomic E-state index is -0.268. The number of anilines is 1. The lowest BCUT2D eigenvalue weighted by molar-refractivity contribution is -0.116. The molecule has 0 atom stereocenters. The maximum atomic E-state index is 12.2. The predicted molar refractivity (Wildman–Crippen MR) is 105 cm³/mol. The van der Waals surface area contributed by atoms with Crippen LogP contribution in [0.25, 0.3) is 22.3 Å². The third-order valence-corrected chi connectivity index (χ3v) is 4.74. The van der Waals surface area contributed by atoms with Gasteiger partial charge >= 0.3 is 0 Å². The molecule has 0 saturated heterocycles. The molecule has 0 aliphatic carbocycles. The van der Waals surface area contributed by atoms with Gasteiger partial charge in [-0.2, -0.15) is 0 Å². The van der Waals surface area contributed by atoms with Crippen molar-refractivity contribution in [3.05, 3.63) is 70.2 Å². The Kier molecular flexibility index (Phi) is 4.71. The second-order valence-corrected chi connectivity index (χ2v) is 6.71. The third kappa shape index (κ3) is 3.90. The Hall–Kier alpha value is -3.39. The number of hydrogen-bond donors (Lipinski definition) is 2. The first-order valence-electron chi connectivity index (χ1n) is 8.33. The number of aryl methyl sites for hydroxylation is 1. The van der Waals surface area contributed by atoms with Gasteiger partial charge < -0.3 is 10.3 Å². The molecule has 1 amide bonds. The van der Waals surface area contributed by atoms with Crippen LogP contribution in [0.15, 0.2) is 59.0 Å². The lowest BCUT2D eigenvalue weighted by Crippen LogP contribution is -2.18. The van der Waals surface area contributed by atoms with E-state index in [0.29, 0.717) is 21.9 Å². The van der Waals surface area contributed by atoms with Crippen LogP contribution in [0.2, 0.25) is 0 Å². The predicted octanol–water partition coefficient (Wildman–Crippen LogP) is 3.01. The Labute approximate surface area is 158 Å². The van der Waals surface area contributed by atoms with Gasteiger partial charge in [0.2, 0.25) is 5.91 Å². The third-order valence-electron chi connectivity index (χ3n) is 3.99. The molecule has 0 unspecified atom stereocenters. The maximum Gasteiger partial charge on any atom is 0.270 e. The van der Waals surface area contributed by atoms with Crippen molar-refractivity contribution in [2.24, 2.45) is 0 Å². The number of rotatable bonds is 5. The Balaban J connectivity index is 1.41. The number of amides is 1. The van der Waals surface area contributed by atoms with E-state index in [1.807, 2.05) is 35.7 Å². The summed E-state index contributed by atoms with van der Waals surface area (Å²) in [6.45, 7) is 0. The smallest absolute Gasteiger partial charge is 0.270 e. The van der Waals surface area contributed by atoms with E-state index >= 15 is 0 Å². The molecule has 7 nitrogen and oxygen atoms in total. The van der Waals surface area contributed by atoms with Crippen LogP contribution < -0.4 is 10.9 Å². The molecule has 2 N–H and O–H groups in total. The second kappa shape index (κ2) is 7.46. The zero-order valence-electron chi connectivity index (χ0n) is 14.2. The van der Waals surface area contributed by atoms with Crippen molar-refractivity contribution in [2.45, 2.75) is 12.8 Å². The molecule has 27 heavy (non-hydrogen) atoms. The van der Waals surface area contributed by atoms with Gasteiger partial charge in [-0.3, -0.25) is 14.6 Å². The van der Waals surface area contributed by atoms with Crippen LogP contribution in [0, 0.1) is 0 Å². The molecule has 0 saturated carbocycles. The van der Waals surface area contributed by atoms with Gasteiger partial charge in [-0.1, -0.05) is 12.1 Å². The zero-order valence-corrected chi connectivity index (χ0v) is 15.0. The van der Waals surface area contributed by atoms with Gasteiger partial charge in [-0.15, -0.1) is 11.3 Å². The monoisotopic (exact) mass is 377 g/mol. The quantitative estimate of drug-likeness (QED) is 0.557. The summed E-state index contributed by atoms with van der Waals surface area (Å²) in [4.78, 5) is 39.8. The molecular formula is C19H15N5O2S. The van der Waals surface area contributed by atoms with Crippen molar-refractivity contribution in [3.8, 4) is 11.3 Å². The zero-order chi connectivity index (χ0) is 18.6. The molecule has 8 heteroatoms. The van der Waals surface area contributed by atoms with Gasteiger partial charge in [0, 0.05) is 36.2 Å². The highest BCUT2D eigenvalue weighted by Crippen LogP contribution is 2.24. The molecule has 0 radical (unpaired) electrons. The van der Waals surface area contributed by atoms with E-state index in [1.165, 1.54) is 11.3 Å². The van der Waals surface area contributed by atoms with E-state index in [9.17, 15) is 9.59 Å². The first kappa shape index (κ1) is 17.0. The molecule has 1 aromatic carbocycles. The topological polar surface area (TPSA) is 101 Å². The van der Waals surface area contributed by atoms with Crippen molar-refractivity contribution >= 4 is 33.4 Å². The molecule has 134 valence electrons. The standard InChI is InChI=1S/C19H15N5O2S/c25-17(24-19-23-16(11-27-19)12-7-9-20-10-8-12)6-5-15-18(26)22-14-4-2-1-3-13(14)21-15/h1-4,7-11H,5-6H2,(H,22,26)(H,23,24,25). The van der Waals surface area contributed by atoms with Gasteiger partial charge in [0.05, 0.1) is 16.7 Å². The van der Waals surface area contributed by atoms with E-state index in [1.54, 1.807) is 18.5 Å². The number of nitrogens with one attached hydrogen (secondary N) is 2. The first-order valence-corrected chi connectivity index (χ1v) is 9.21. The number of aromatic nitrogens is 4. The highest BCUT2D eigenvalue weighted by atomic mass is 32.1. The largest absolute Gasteiger partial charge is 0.319 e. The van der Waals surface area contributed by atoms with Crippen LogP contribution in [-0.4, -0.2) is 25.8 Å². The minimum Gasteiger partial charge on any atom is -0.319 e. The van der Waals surface area contributed by atoms with E-state index in [4.69, 9.17) is 0 Å². The molecule has 0 bridgehead atoms. The number of carbonyl (C=O) groups is 1. The fourth-order valence-electron chi connectivity index (χ4n) is 2.64. The average Bonchev–Trinajstić information content (AvgIpc) is 3.15. The number of hydrogen-bond acceptors (Lipinski definition) is 6. The van der Waals surface area contributed by atoms with Crippen LogP contribution in [-0.2, 0) is 11.2 Å². The average molecular weight is 377 g/mol. The van der Waals surface area contributed by atoms with Crippen LogP contribution in [0.4, 0.5) is 5.13 Å². The van der Waals surface area contributed by atoms with Crippen molar-refractivity contribution in [1.29, 1.82) is 0 Å². The highest BCUT2D eigenvalue weighted by Gasteiger charge is 2.11. The van der Waals surface area contributed by atoms with Crippen LogP contribution in [0.5, 0.6) is 0 Å². The van der Waals surface area contributed by atoms with E-state index in [-0.39, 0.29) is 24.3 Å².